The van der Waals surface area contributed by atoms with Crippen molar-refractivity contribution in [2.75, 3.05) is 18.4 Å². The molecule has 2 heterocycles. The summed E-state index contributed by atoms with van der Waals surface area (Å²) in [4.78, 5) is 28.0. The quantitative estimate of drug-likeness (QED) is 0.753. The number of aliphatic hydroxyl groups is 1. The van der Waals surface area contributed by atoms with E-state index in [2.05, 4.69) is 10.3 Å². The van der Waals surface area contributed by atoms with Gasteiger partial charge in [-0.15, -0.1) is 0 Å². The molecule has 1 aromatic rings. The number of nitrogens with zero attached hydrogens (tertiary/aromatic N) is 2. The Morgan fingerprint density at radius 2 is 2.00 bits per heavy atom. The maximum absolute atomic E-state index is 12.0. The Bertz CT molecular complexity index is 503. The van der Waals surface area contributed by atoms with Gasteiger partial charge < -0.3 is 20.4 Å². The van der Waals surface area contributed by atoms with Crippen molar-refractivity contribution in [1.29, 1.82) is 0 Å². The molecular weight excluding hydrogens is 262 g/mol. The van der Waals surface area contributed by atoms with Gasteiger partial charge >= 0.3 is 12.0 Å². The number of anilines is 1. The summed E-state index contributed by atoms with van der Waals surface area (Å²) < 4.78 is 0. The number of likely N-dealkylation sites (tertiary alicyclic amines) is 1. The van der Waals surface area contributed by atoms with E-state index in [9.17, 15) is 14.7 Å². The van der Waals surface area contributed by atoms with Crippen molar-refractivity contribution in [3.63, 3.8) is 0 Å². The van der Waals surface area contributed by atoms with Gasteiger partial charge in [-0.1, -0.05) is 0 Å². The number of urea groups is 1. The zero-order valence-electron chi connectivity index (χ0n) is 11.2. The molecule has 0 atom stereocenters. The van der Waals surface area contributed by atoms with Gasteiger partial charge in [-0.05, 0) is 31.9 Å². The lowest BCUT2D eigenvalue weighted by atomic mass is 9.94. The minimum absolute atomic E-state index is 0.0722. The first kappa shape index (κ1) is 14.3. The Labute approximate surface area is 116 Å². The topological polar surface area (TPSA) is 103 Å². The highest BCUT2D eigenvalue weighted by atomic mass is 16.4. The fourth-order valence-electron chi connectivity index (χ4n) is 1.99. The summed E-state index contributed by atoms with van der Waals surface area (Å²) >= 11 is 0. The van der Waals surface area contributed by atoms with E-state index in [0.29, 0.717) is 31.6 Å². The Morgan fingerprint density at radius 1 is 1.35 bits per heavy atom. The standard InChI is InChI=1S/C13H17N3O4/c1-13(20)4-6-16(7-5-13)12(19)15-9-2-3-10(11(17)18)14-8-9/h2-3,8,20H,4-7H2,1H3,(H,15,19)(H,17,18). The zero-order valence-corrected chi connectivity index (χ0v) is 11.2. The van der Waals surface area contributed by atoms with Crippen LogP contribution in [0.1, 0.15) is 30.3 Å². The zero-order chi connectivity index (χ0) is 14.8. The van der Waals surface area contributed by atoms with Crippen LogP contribution in [0.3, 0.4) is 0 Å². The molecule has 0 spiro atoms. The Morgan fingerprint density at radius 3 is 2.50 bits per heavy atom. The van der Waals surface area contributed by atoms with Crippen molar-refractivity contribution < 1.29 is 19.8 Å². The normalized spacial score (nSPS) is 17.6. The Kier molecular flexibility index (Phi) is 3.89. The van der Waals surface area contributed by atoms with E-state index in [1.165, 1.54) is 18.3 Å². The molecule has 0 saturated carbocycles. The van der Waals surface area contributed by atoms with Crippen LogP contribution in [0.4, 0.5) is 10.5 Å². The van der Waals surface area contributed by atoms with Crippen LogP contribution in [0.5, 0.6) is 0 Å². The summed E-state index contributed by atoms with van der Waals surface area (Å²) in [7, 11) is 0. The van der Waals surface area contributed by atoms with Gasteiger partial charge in [0, 0.05) is 13.1 Å². The van der Waals surface area contributed by atoms with E-state index in [0.717, 1.165) is 0 Å². The number of carboxylic acid groups (broad SMARTS) is 1. The molecule has 108 valence electrons. The van der Waals surface area contributed by atoms with E-state index in [-0.39, 0.29) is 11.7 Å². The number of piperidine rings is 1. The molecule has 0 bridgehead atoms. The first-order chi connectivity index (χ1) is 9.37. The average Bonchev–Trinajstić information content (AvgIpc) is 2.39. The predicted molar refractivity (Wildman–Crippen MR) is 71.6 cm³/mol. The largest absolute Gasteiger partial charge is 0.477 e. The molecule has 1 fully saturated rings. The highest BCUT2D eigenvalue weighted by Gasteiger charge is 2.29. The molecular formula is C13H17N3O4. The van der Waals surface area contributed by atoms with Crippen LogP contribution in [0.2, 0.25) is 0 Å². The lowest BCUT2D eigenvalue weighted by Crippen LogP contribution is -2.46. The molecule has 2 rings (SSSR count). The van der Waals surface area contributed by atoms with Crippen LogP contribution in [0, 0.1) is 0 Å². The number of aromatic carboxylic acids is 1. The van der Waals surface area contributed by atoms with E-state index < -0.39 is 11.6 Å². The van der Waals surface area contributed by atoms with Crippen molar-refractivity contribution in [2.24, 2.45) is 0 Å². The van der Waals surface area contributed by atoms with Gasteiger partial charge in [0.2, 0.25) is 0 Å². The summed E-state index contributed by atoms with van der Waals surface area (Å²) in [6.45, 7) is 2.73. The molecule has 1 aliphatic heterocycles. The number of rotatable bonds is 2. The molecule has 2 amide bonds. The average molecular weight is 279 g/mol. The molecule has 0 radical (unpaired) electrons. The van der Waals surface area contributed by atoms with Crippen LogP contribution >= 0.6 is 0 Å². The van der Waals surface area contributed by atoms with Crippen molar-refractivity contribution in [3.05, 3.63) is 24.0 Å². The van der Waals surface area contributed by atoms with E-state index >= 15 is 0 Å². The molecule has 0 aliphatic carbocycles. The van der Waals surface area contributed by atoms with Gasteiger partial charge in [0.05, 0.1) is 17.5 Å². The van der Waals surface area contributed by atoms with Crippen LogP contribution in [-0.2, 0) is 0 Å². The number of carbonyl (C=O) groups excluding carboxylic acids is 1. The van der Waals surface area contributed by atoms with Crippen molar-refractivity contribution >= 4 is 17.7 Å². The summed E-state index contributed by atoms with van der Waals surface area (Å²) in [5.41, 5.74) is -0.337. The maximum atomic E-state index is 12.0. The van der Waals surface area contributed by atoms with Crippen molar-refractivity contribution in [2.45, 2.75) is 25.4 Å². The van der Waals surface area contributed by atoms with Crippen LogP contribution in [-0.4, -0.2) is 50.8 Å². The predicted octanol–water partition coefficient (Wildman–Crippen LogP) is 1.16. The summed E-state index contributed by atoms with van der Waals surface area (Å²) in [5.74, 6) is -1.11. The second-order valence-electron chi connectivity index (χ2n) is 5.15. The van der Waals surface area contributed by atoms with Gasteiger partial charge in [-0.25, -0.2) is 14.6 Å². The number of hydrogen-bond donors (Lipinski definition) is 3. The summed E-state index contributed by atoms with van der Waals surface area (Å²) in [6.07, 6.45) is 2.38. The third-order valence-corrected chi connectivity index (χ3v) is 3.36. The van der Waals surface area contributed by atoms with E-state index in [1.54, 1.807) is 11.8 Å². The first-order valence-corrected chi connectivity index (χ1v) is 6.35. The number of nitrogens with one attached hydrogen (secondary N) is 1. The van der Waals surface area contributed by atoms with Gasteiger partial charge in [0.25, 0.3) is 0 Å². The Hall–Kier alpha value is -2.15. The first-order valence-electron chi connectivity index (χ1n) is 6.35. The monoisotopic (exact) mass is 279 g/mol. The van der Waals surface area contributed by atoms with Crippen LogP contribution in [0.25, 0.3) is 0 Å². The van der Waals surface area contributed by atoms with Crippen molar-refractivity contribution in [3.8, 4) is 0 Å². The molecule has 1 saturated heterocycles. The summed E-state index contributed by atoms with van der Waals surface area (Å²) in [5, 5.41) is 21.2. The molecule has 7 heteroatoms. The van der Waals surface area contributed by atoms with Crippen LogP contribution in [0.15, 0.2) is 18.3 Å². The highest BCUT2D eigenvalue weighted by molar-refractivity contribution is 5.90. The van der Waals surface area contributed by atoms with E-state index in [1.807, 2.05) is 0 Å². The smallest absolute Gasteiger partial charge is 0.354 e. The maximum Gasteiger partial charge on any atom is 0.354 e. The second kappa shape index (κ2) is 5.46. The number of amides is 2. The molecule has 1 aliphatic rings. The molecule has 0 aromatic carbocycles. The fourth-order valence-corrected chi connectivity index (χ4v) is 1.99. The molecule has 7 nitrogen and oxygen atoms in total. The Balaban J connectivity index is 1.93. The third-order valence-electron chi connectivity index (χ3n) is 3.36. The minimum atomic E-state index is -1.11. The number of pyridine rings is 1. The number of aromatic nitrogens is 1. The van der Waals surface area contributed by atoms with Gasteiger partial charge in [-0.2, -0.15) is 0 Å². The van der Waals surface area contributed by atoms with Crippen molar-refractivity contribution in [1.82, 2.24) is 9.88 Å². The molecule has 20 heavy (non-hydrogen) atoms. The van der Waals surface area contributed by atoms with Crippen LogP contribution < -0.4 is 5.32 Å². The second-order valence-corrected chi connectivity index (χ2v) is 5.15. The highest BCUT2D eigenvalue weighted by Crippen LogP contribution is 2.21. The number of carboxylic acids is 1. The number of hydrogen-bond acceptors (Lipinski definition) is 4. The third kappa shape index (κ3) is 3.45. The minimum Gasteiger partial charge on any atom is -0.477 e. The van der Waals surface area contributed by atoms with Gasteiger partial charge in [-0.3, -0.25) is 0 Å². The summed E-state index contributed by atoms with van der Waals surface area (Å²) in [6, 6.07) is 2.55. The van der Waals surface area contributed by atoms with Gasteiger partial charge in [0.15, 0.2) is 0 Å². The molecule has 1 aromatic heterocycles. The lowest BCUT2D eigenvalue weighted by molar-refractivity contribution is 0.00569. The number of carbonyl (C=O) groups is 2. The van der Waals surface area contributed by atoms with Gasteiger partial charge in [0.1, 0.15) is 5.69 Å². The molecule has 0 unspecified atom stereocenters. The van der Waals surface area contributed by atoms with E-state index in [4.69, 9.17) is 5.11 Å². The SMILES string of the molecule is CC1(O)CCN(C(=O)Nc2ccc(C(=O)O)nc2)CC1. The fraction of sp³-hybridized carbons (Fsp3) is 0.462. The lowest BCUT2D eigenvalue weighted by Gasteiger charge is -2.35. The molecule has 3 N–H and O–H groups in total.